The van der Waals surface area contributed by atoms with Gasteiger partial charge in [0.1, 0.15) is 11.5 Å². The normalized spacial score (nSPS) is 32.7. The smallest absolute Gasteiger partial charge is 0.139 e. The number of rotatable bonds is 1. The molecular weight excluding hydrogens is 172 g/mol. The van der Waals surface area contributed by atoms with Crippen molar-refractivity contribution in [1.82, 2.24) is 0 Å². The topological polar surface area (TPSA) is 26.0 Å². The first-order valence-corrected chi connectivity index (χ1v) is 4.31. The van der Waals surface area contributed by atoms with Crippen molar-refractivity contribution in [3.05, 3.63) is 35.6 Å². The Balaban J connectivity index is 2.26. The zero-order valence-electron chi connectivity index (χ0n) is 7.13. The van der Waals surface area contributed by atoms with Crippen molar-refractivity contribution >= 4 is 0 Å². The van der Waals surface area contributed by atoms with E-state index >= 15 is 0 Å². The third kappa shape index (κ3) is 1.44. The van der Waals surface area contributed by atoms with Gasteiger partial charge in [-0.25, -0.2) is 8.78 Å². The summed E-state index contributed by atoms with van der Waals surface area (Å²) in [6, 6.07) is 5.61. The van der Waals surface area contributed by atoms with Gasteiger partial charge in [-0.05, 0) is 17.7 Å². The van der Waals surface area contributed by atoms with E-state index in [1.807, 2.05) is 0 Å². The lowest BCUT2D eigenvalue weighted by Gasteiger charge is -2.39. The molecule has 0 spiro atoms. The summed E-state index contributed by atoms with van der Waals surface area (Å²) in [5.74, 6) is -0.394. The lowest BCUT2D eigenvalue weighted by molar-refractivity contribution is 0.0402. The monoisotopic (exact) mass is 183 g/mol. The van der Waals surface area contributed by atoms with E-state index < -0.39 is 11.5 Å². The minimum Gasteiger partial charge on any atom is -0.327 e. The van der Waals surface area contributed by atoms with Crippen molar-refractivity contribution in [2.75, 3.05) is 0 Å². The molecule has 2 N–H and O–H groups in total. The van der Waals surface area contributed by atoms with Crippen LogP contribution in [-0.2, 0) is 5.67 Å². The maximum Gasteiger partial charge on any atom is 0.139 e. The van der Waals surface area contributed by atoms with Crippen molar-refractivity contribution in [3.8, 4) is 0 Å². The zero-order valence-corrected chi connectivity index (χ0v) is 7.13. The molecule has 3 heteroatoms. The summed E-state index contributed by atoms with van der Waals surface area (Å²) in [5, 5.41) is 0. The number of halogens is 2. The Bertz CT molecular complexity index is 318. The molecule has 70 valence electrons. The fourth-order valence-electron chi connectivity index (χ4n) is 1.77. The fraction of sp³-hybridized carbons (Fsp3) is 0.400. The van der Waals surface area contributed by atoms with Gasteiger partial charge in [-0.3, -0.25) is 0 Å². The van der Waals surface area contributed by atoms with Gasteiger partial charge in [-0.2, -0.15) is 0 Å². The van der Waals surface area contributed by atoms with Crippen LogP contribution in [0.1, 0.15) is 18.4 Å². The molecule has 0 bridgehead atoms. The zero-order chi connectivity index (χ0) is 9.47. The van der Waals surface area contributed by atoms with Gasteiger partial charge in [0.25, 0.3) is 0 Å². The Morgan fingerprint density at radius 2 is 2.08 bits per heavy atom. The lowest BCUT2D eigenvalue weighted by Crippen LogP contribution is -2.46. The molecule has 13 heavy (non-hydrogen) atoms. The minimum absolute atomic E-state index is 0.0757. The molecule has 0 radical (unpaired) electrons. The second-order valence-electron chi connectivity index (χ2n) is 3.64. The molecular formula is C10H11F2N. The van der Waals surface area contributed by atoms with E-state index in [0.29, 0.717) is 18.4 Å². The van der Waals surface area contributed by atoms with E-state index in [-0.39, 0.29) is 6.04 Å². The summed E-state index contributed by atoms with van der Waals surface area (Å²) in [4.78, 5) is 0. The SMILES string of the molecule is NC1CC(F)(c2cccc(F)c2)C1. The number of benzene rings is 1. The molecule has 1 aliphatic rings. The van der Waals surface area contributed by atoms with Crippen LogP contribution in [0.3, 0.4) is 0 Å². The molecule has 0 atom stereocenters. The molecule has 0 aromatic heterocycles. The minimum atomic E-state index is -1.39. The summed E-state index contributed by atoms with van der Waals surface area (Å²) in [5.41, 5.74) is 4.52. The Morgan fingerprint density at radius 3 is 2.62 bits per heavy atom. The first-order valence-electron chi connectivity index (χ1n) is 4.31. The van der Waals surface area contributed by atoms with Gasteiger partial charge in [0.2, 0.25) is 0 Å². The van der Waals surface area contributed by atoms with Gasteiger partial charge < -0.3 is 5.73 Å². The van der Waals surface area contributed by atoms with E-state index in [2.05, 4.69) is 0 Å². The first-order chi connectivity index (χ1) is 6.10. The Hall–Kier alpha value is -0.960. The van der Waals surface area contributed by atoms with Gasteiger partial charge in [0, 0.05) is 18.9 Å². The molecule has 0 amide bonds. The van der Waals surface area contributed by atoms with Crippen molar-refractivity contribution in [3.63, 3.8) is 0 Å². The molecule has 1 aromatic carbocycles. The van der Waals surface area contributed by atoms with Crippen LogP contribution in [0, 0.1) is 5.82 Å². The Morgan fingerprint density at radius 1 is 1.38 bits per heavy atom. The van der Waals surface area contributed by atoms with Crippen molar-refractivity contribution in [2.24, 2.45) is 5.73 Å². The summed E-state index contributed by atoms with van der Waals surface area (Å²) in [6.07, 6.45) is 0.604. The summed E-state index contributed by atoms with van der Waals surface area (Å²) in [7, 11) is 0. The van der Waals surface area contributed by atoms with Crippen LogP contribution in [-0.4, -0.2) is 6.04 Å². The second kappa shape index (κ2) is 2.77. The average Bonchev–Trinajstić information content (AvgIpc) is 2.02. The highest BCUT2D eigenvalue weighted by Gasteiger charge is 2.44. The van der Waals surface area contributed by atoms with Gasteiger partial charge in [-0.15, -0.1) is 0 Å². The highest BCUT2D eigenvalue weighted by molar-refractivity contribution is 5.26. The molecule has 0 saturated heterocycles. The molecule has 1 saturated carbocycles. The highest BCUT2D eigenvalue weighted by Crippen LogP contribution is 2.44. The predicted molar refractivity (Wildman–Crippen MR) is 46.4 cm³/mol. The highest BCUT2D eigenvalue weighted by atomic mass is 19.1. The predicted octanol–water partition coefficient (Wildman–Crippen LogP) is 2.11. The third-order valence-corrected chi connectivity index (χ3v) is 2.51. The van der Waals surface area contributed by atoms with E-state index in [4.69, 9.17) is 5.73 Å². The maximum absolute atomic E-state index is 13.8. The van der Waals surface area contributed by atoms with Crippen LogP contribution in [0.5, 0.6) is 0 Å². The largest absolute Gasteiger partial charge is 0.327 e. The molecule has 1 aliphatic carbocycles. The first kappa shape index (κ1) is 8.63. The van der Waals surface area contributed by atoms with Crippen LogP contribution in [0.25, 0.3) is 0 Å². The molecule has 2 rings (SSSR count). The number of nitrogens with two attached hydrogens (primary N) is 1. The summed E-state index contributed by atoms with van der Waals surface area (Å²) >= 11 is 0. The van der Waals surface area contributed by atoms with E-state index in [1.54, 1.807) is 6.07 Å². The lowest BCUT2D eigenvalue weighted by atomic mass is 9.73. The molecule has 1 nitrogen and oxygen atoms in total. The Labute approximate surface area is 75.6 Å². The molecule has 0 heterocycles. The number of hydrogen-bond acceptors (Lipinski definition) is 1. The average molecular weight is 183 g/mol. The van der Waals surface area contributed by atoms with E-state index in [1.165, 1.54) is 18.2 Å². The quantitative estimate of drug-likeness (QED) is 0.709. The van der Waals surface area contributed by atoms with Crippen LogP contribution < -0.4 is 5.73 Å². The van der Waals surface area contributed by atoms with Crippen LogP contribution in [0.4, 0.5) is 8.78 Å². The maximum atomic E-state index is 13.8. The van der Waals surface area contributed by atoms with Crippen molar-refractivity contribution < 1.29 is 8.78 Å². The van der Waals surface area contributed by atoms with E-state index in [9.17, 15) is 8.78 Å². The van der Waals surface area contributed by atoms with Crippen LogP contribution >= 0.6 is 0 Å². The van der Waals surface area contributed by atoms with E-state index in [0.717, 1.165) is 0 Å². The van der Waals surface area contributed by atoms with Gasteiger partial charge in [0.05, 0.1) is 0 Å². The van der Waals surface area contributed by atoms with Crippen molar-refractivity contribution in [2.45, 2.75) is 24.6 Å². The van der Waals surface area contributed by atoms with Crippen LogP contribution in [0.15, 0.2) is 24.3 Å². The summed E-state index contributed by atoms with van der Waals surface area (Å²) < 4.78 is 26.6. The molecule has 1 fully saturated rings. The number of hydrogen-bond donors (Lipinski definition) is 1. The number of alkyl halides is 1. The van der Waals surface area contributed by atoms with Gasteiger partial charge in [-0.1, -0.05) is 12.1 Å². The standard InChI is InChI=1S/C10H11F2N/c11-8-3-1-2-7(4-8)10(12)5-9(13)6-10/h1-4,9H,5-6,13H2. The summed E-state index contributed by atoms with van der Waals surface area (Å²) in [6.45, 7) is 0. The fourth-order valence-corrected chi connectivity index (χ4v) is 1.77. The van der Waals surface area contributed by atoms with Crippen molar-refractivity contribution in [1.29, 1.82) is 0 Å². The Kier molecular flexibility index (Phi) is 1.84. The molecule has 0 aliphatic heterocycles. The van der Waals surface area contributed by atoms with Gasteiger partial charge >= 0.3 is 0 Å². The second-order valence-corrected chi connectivity index (χ2v) is 3.64. The van der Waals surface area contributed by atoms with Gasteiger partial charge in [0.15, 0.2) is 0 Å². The third-order valence-electron chi connectivity index (χ3n) is 2.51. The van der Waals surface area contributed by atoms with Crippen LogP contribution in [0.2, 0.25) is 0 Å². The molecule has 1 aromatic rings. The molecule has 0 unspecified atom stereocenters.